The third-order valence-corrected chi connectivity index (χ3v) is 4.92. The largest absolute Gasteiger partial charge is 0.207 e. The van der Waals surface area contributed by atoms with Gasteiger partial charge in [0.1, 0.15) is 11.6 Å². The predicted molar refractivity (Wildman–Crippen MR) is 88.6 cm³/mol. The van der Waals surface area contributed by atoms with Crippen molar-refractivity contribution in [1.82, 2.24) is 0 Å². The molecule has 0 nitrogen and oxygen atoms in total. The van der Waals surface area contributed by atoms with E-state index < -0.39 is 11.6 Å². The van der Waals surface area contributed by atoms with E-state index >= 15 is 0 Å². The van der Waals surface area contributed by atoms with E-state index in [-0.39, 0.29) is 4.83 Å². The van der Waals surface area contributed by atoms with Crippen LogP contribution in [-0.2, 0) is 6.42 Å². The maximum atomic E-state index is 13.6. The minimum absolute atomic E-state index is 0.0310. The molecule has 0 heterocycles. The topological polar surface area (TPSA) is 0 Å². The molecule has 2 aromatic carbocycles. The molecular formula is C14H9Br2F2I. The normalized spacial score (nSPS) is 12.5. The van der Waals surface area contributed by atoms with Crippen molar-refractivity contribution >= 4 is 54.5 Å². The first-order chi connectivity index (χ1) is 8.97. The highest BCUT2D eigenvalue weighted by Crippen LogP contribution is 2.34. The fraction of sp³-hybridized carbons (Fsp3) is 0.143. The number of rotatable bonds is 3. The van der Waals surface area contributed by atoms with Crippen LogP contribution in [0.3, 0.4) is 0 Å². The van der Waals surface area contributed by atoms with E-state index in [4.69, 9.17) is 0 Å². The third-order valence-electron chi connectivity index (χ3n) is 2.71. The summed E-state index contributed by atoms with van der Waals surface area (Å²) in [6.07, 6.45) is 0.463. The summed E-state index contributed by atoms with van der Waals surface area (Å²) in [7, 11) is 0. The zero-order valence-corrected chi connectivity index (χ0v) is 15.0. The van der Waals surface area contributed by atoms with Gasteiger partial charge in [-0.25, -0.2) is 8.78 Å². The Morgan fingerprint density at radius 3 is 2.53 bits per heavy atom. The molecule has 1 unspecified atom stereocenters. The quantitative estimate of drug-likeness (QED) is 0.357. The molecule has 0 bridgehead atoms. The molecule has 0 N–H and O–H groups in total. The van der Waals surface area contributed by atoms with Crippen molar-refractivity contribution in [3.63, 3.8) is 0 Å². The van der Waals surface area contributed by atoms with Crippen LogP contribution in [0.2, 0.25) is 0 Å². The third kappa shape index (κ3) is 3.98. The summed E-state index contributed by atoms with van der Waals surface area (Å²) in [5, 5.41) is 0. The zero-order valence-electron chi connectivity index (χ0n) is 9.64. The highest BCUT2D eigenvalue weighted by molar-refractivity contribution is 14.1. The number of halogens is 5. The Morgan fingerprint density at radius 1 is 1.11 bits per heavy atom. The monoisotopic (exact) mass is 500 g/mol. The van der Waals surface area contributed by atoms with E-state index in [0.717, 1.165) is 19.7 Å². The van der Waals surface area contributed by atoms with Gasteiger partial charge in [-0.3, -0.25) is 0 Å². The minimum atomic E-state index is -0.553. The van der Waals surface area contributed by atoms with Gasteiger partial charge in [-0.1, -0.05) is 37.9 Å². The first-order valence-electron chi connectivity index (χ1n) is 5.50. The average molecular weight is 502 g/mol. The lowest BCUT2D eigenvalue weighted by Gasteiger charge is -2.13. The Labute approximate surface area is 141 Å². The van der Waals surface area contributed by atoms with Gasteiger partial charge in [0.25, 0.3) is 0 Å². The van der Waals surface area contributed by atoms with Crippen LogP contribution in [0.4, 0.5) is 8.78 Å². The molecule has 0 spiro atoms. The molecule has 0 fully saturated rings. The van der Waals surface area contributed by atoms with Crippen LogP contribution in [0.5, 0.6) is 0 Å². The molecule has 0 aliphatic carbocycles. The van der Waals surface area contributed by atoms with Gasteiger partial charge >= 0.3 is 0 Å². The summed E-state index contributed by atoms with van der Waals surface area (Å²) in [5.74, 6) is -1.06. The van der Waals surface area contributed by atoms with Gasteiger partial charge in [-0.2, -0.15) is 0 Å². The SMILES string of the molecule is Fc1ccc(CC(Br)c2cc(I)ccc2Br)c(F)c1. The Balaban J connectivity index is 2.25. The Kier molecular flexibility index (Phi) is 5.37. The molecule has 0 aromatic heterocycles. The summed E-state index contributed by atoms with van der Waals surface area (Å²) >= 11 is 9.29. The summed E-state index contributed by atoms with van der Waals surface area (Å²) in [6.45, 7) is 0. The van der Waals surface area contributed by atoms with E-state index in [1.54, 1.807) is 0 Å². The smallest absolute Gasteiger partial charge is 0.129 e. The maximum Gasteiger partial charge on any atom is 0.129 e. The van der Waals surface area contributed by atoms with Crippen LogP contribution in [0.25, 0.3) is 0 Å². The van der Waals surface area contributed by atoms with Crippen molar-refractivity contribution in [2.45, 2.75) is 11.2 Å². The van der Waals surface area contributed by atoms with E-state index in [9.17, 15) is 8.78 Å². The molecule has 2 aromatic rings. The van der Waals surface area contributed by atoms with Crippen molar-refractivity contribution < 1.29 is 8.78 Å². The molecule has 2 rings (SSSR count). The second-order valence-corrected chi connectivity index (χ2v) is 7.28. The van der Waals surface area contributed by atoms with Crippen LogP contribution in [-0.4, -0.2) is 0 Å². The van der Waals surface area contributed by atoms with E-state index in [2.05, 4.69) is 54.5 Å². The summed E-state index contributed by atoms with van der Waals surface area (Å²) in [5.41, 5.74) is 1.55. The number of alkyl halides is 1. The van der Waals surface area contributed by atoms with E-state index in [0.29, 0.717) is 12.0 Å². The molecule has 0 saturated heterocycles. The second kappa shape index (κ2) is 6.63. The summed E-state index contributed by atoms with van der Waals surface area (Å²) in [6, 6.07) is 9.67. The highest BCUT2D eigenvalue weighted by Gasteiger charge is 2.15. The lowest BCUT2D eigenvalue weighted by atomic mass is 10.0. The van der Waals surface area contributed by atoms with Gasteiger partial charge in [0, 0.05) is 18.9 Å². The van der Waals surface area contributed by atoms with Crippen LogP contribution in [0, 0.1) is 15.2 Å². The first kappa shape index (κ1) is 15.4. The number of hydrogen-bond donors (Lipinski definition) is 0. The molecule has 5 heteroatoms. The van der Waals surface area contributed by atoms with E-state index in [1.807, 2.05) is 18.2 Å². The predicted octanol–water partition coefficient (Wildman–Crippen LogP) is 6.01. The fourth-order valence-electron chi connectivity index (χ4n) is 1.74. The number of hydrogen-bond acceptors (Lipinski definition) is 0. The Hall–Kier alpha value is -0.0100. The maximum absolute atomic E-state index is 13.6. The molecule has 100 valence electrons. The lowest BCUT2D eigenvalue weighted by molar-refractivity contribution is 0.571. The molecule has 0 saturated carbocycles. The van der Waals surface area contributed by atoms with Gasteiger partial charge in [0.05, 0.1) is 0 Å². The molecule has 0 aliphatic heterocycles. The Morgan fingerprint density at radius 2 is 1.84 bits per heavy atom. The fourth-order valence-corrected chi connectivity index (χ4v) is 3.82. The van der Waals surface area contributed by atoms with Gasteiger partial charge in [-0.05, 0) is 64.4 Å². The van der Waals surface area contributed by atoms with Crippen LogP contribution in [0.15, 0.2) is 40.9 Å². The molecular weight excluding hydrogens is 493 g/mol. The highest BCUT2D eigenvalue weighted by atomic mass is 127. The van der Waals surface area contributed by atoms with Gasteiger partial charge in [-0.15, -0.1) is 0 Å². The number of benzene rings is 2. The molecule has 19 heavy (non-hydrogen) atoms. The van der Waals surface area contributed by atoms with Gasteiger partial charge in [0.2, 0.25) is 0 Å². The minimum Gasteiger partial charge on any atom is -0.207 e. The van der Waals surface area contributed by atoms with Crippen molar-refractivity contribution in [2.24, 2.45) is 0 Å². The summed E-state index contributed by atoms with van der Waals surface area (Å²) < 4.78 is 28.6. The van der Waals surface area contributed by atoms with Crippen molar-refractivity contribution in [2.75, 3.05) is 0 Å². The molecule has 0 aliphatic rings. The van der Waals surface area contributed by atoms with Gasteiger partial charge < -0.3 is 0 Å². The van der Waals surface area contributed by atoms with Crippen molar-refractivity contribution in [3.05, 3.63) is 67.2 Å². The molecule has 0 radical (unpaired) electrons. The Bertz CT molecular complexity index is 602. The van der Waals surface area contributed by atoms with Crippen molar-refractivity contribution in [1.29, 1.82) is 0 Å². The van der Waals surface area contributed by atoms with Crippen LogP contribution in [0.1, 0.15) is 16.0 Å². The van der Waals surface area contributed by atoms with Crippen molar-refractivity contribution in [3.8, 4) is 0 Å². The molecule has 1 atom stereocenters. The van der Waals surface area contributed by atoms with Gasteiger partial charge in [0.15, 0.2) is 0 Å². The first-order valence-corrected chi connectivity index (χ1v) is 8.29. The second-order valence-electron chi connectivity index (χ2n) is 4.07. The van der Waals surface area contributed by atoms with Crippen LogP contribution < -0.4 is 0 Å². The summed E-state index contributed by atoms with van der Waals surface area (Å²) in [4.78, 5) is -0.0310. The zero-order chi connectivity index (χ0) is 14.0. The lowest BCUT2D eigenvalue weighted by Crippen LogP contribution is -2.00. The van der Waals surface area contributed by atoms with Crippen LogP contribution >= 0.6 is 54.5 Å². The average Bonchev–Trinajstić information content (AvgIpc) is 2.35. The van der Waals surface area contributed by atoms with E-state index in [1.165, 1.54) is 12.1 Å². The molecule has 0 amide bonds. The standard InChI is InChI=1S/C14H9Br2F2I/c15-12-4-3-10(19)7-11(12)13(16)5-8-1-2-9(17)6-14(8)18/h1-4,6-7,13H,5H2.